The highest BCUT2D eigenvalue weighted by atomic mass is 16.5. The van der Waals surface area contributed by atoms with Crippen molar-refractivity contribution in [3.05, 3.63) is 48.0 Å². The van der Waals surface area contributed by atoms with Crippen LogP contribution in [0, 0.1) is 0 Å². The van der Waals surface area contributed by atoms with E-state index in [1.165, 1.54) is 0 Å². The Kier molecular flexibility index (Phi) is 4.66. The molecule has 2 aliphatic heterocycles. The van der Waals surface area contributed by atoms with Crippen LogP contribution in [0.1, 0.15) is 24.6 Å². The number of carbonyl (C=O) groups excluding carboxylic acids is 1. The zero-order valence-electron chi connectivity index (χ0n) is 15.8. The quantitative estimate of drug-likeness (QED) is 0.811. The van der Waals surface area contributed by atoms with Gasteiger partial charge in [0, 0.05) is 17.8 Å². The van der Waals surface area contributed by atoms with Crippen molar-refractivity contribution in [1.29, 1.82) is 0 Å². The SMILES string of the molecule is COc1ccc(N2C(=O)[C@@H]3CCCN3[C@H]2c2cc(OC)ccc2OC)cc1. The first-order valence-electron chi connectivity index (χ1n) is 9.12. The summed E-state index contributed by atoms with van der Waals surface area (Å²) in [6.07, 6.45) is 1.69. The minimum absolute atomic E-state index is 0.0898. The number of amides is 1. The lowest BCUT2D eigenvalue weighted by Gasteiger charge is -2.31. The zero-order valence-corrected chi connectivity index (χ0v) is 15.8. The van der Waals surface area contributed by atoms with Crippen LogP contribution in [-0.2, 0) is 4.79 Å². The highest BCUT2D eigenvalue weighted by molar-refractivity contribution is 6.00. The van der Waals surface area contributed by atoms with Crippen LogP contribution in [0.4, 0.5) is 5.69 Å². The minimum atomic E-state index is -0.219. The fourth-order valence-corrected chi connectivity index (χ4v) is 4.15. The van der Waals surface area contributed by atoms with Crippen LogP contribution in [0.3, 0.4) is 0 Å². The van der Waals surface area contributed by atoms with Gasteiger partial charge in [0.15, 0.2) is 0 Å². The van der Waals surface area contributed by atoms with Gasteiger partial charge in [-0.15, -0.1) is 0 Å². The summed E-state index contributed by atoms with van der Waals surface area (Å²) in [7, 11) is 4.93. The van der Waals surface area contributed by atoms with Gasteiger partial charge in [-0.05, 0) is 55.3 Å². The number of hydrogen-bond donors (Lipinski definition) is 0. The second-order valence-electron chi connectivity index (χ2n) is 6.78. The van der Waals surface area contributed by atoms with E-state index in [2.05, 4.69) is 4.90 Å². The Hall–Kier alpha value is -2.73. The van der Waals surface area contributed by atoms with Crippen molar-refractivity contribution in [3.63, 3.8) is 0 Å². The van der Waals surface area contributed by atoms with E-state index in [-0.39, 0.29) is 18.1 Å². The molecular weight excluding hydrogens is 344 g/mol. The molecule has 2 aromatic carbocycles. The smallest absolute Gasteiger partial charge is 0.246 e. The van der Waals surface area contributed by atoms with Crippen LogP contribution in [-0.4, -0.2) is 44.7 Å². The maximum absolute atomic E-state index is 13.3. The lowest BCUT2D eigenvalue weighted by atomic mass is 10.1. The molecule has 27 heavy (non-hydrogen) atoms. The summed E-state index contributed by atoms with van der Waals surface area (Å²) in [5.41, 5.74) is 1.79. The maximum atomic E-state index is 13.3. The van der Waals surface area contributed by atoms with E-state index in [4.69, 9.17) is 14.2 Å². The van der Waals surface area contributed by atoms with Crippen molar-refractivity contribution in [3.8, 4) is 17.2 Å². The highest BCUT2D eigenvalue weighted by Gasteiger charge is 2.50. The van der Waals surface area contributed by atoms with Gasteiger partial charge < -0.3 is 14.2 Å². The van der Waals surface area contributed by atoms with Gasteiger partial charge in [-0.3, -0.25) is 14.6 Å². The first kappa shape index (κ1) is 17.7. The Morgan fingerprint density at radius 2 is 1.63 bits per heavy atom. The Morgan fingerprint density at radius 3 is 2.30 bits per heavy atom. The minimum Gasteiger partial charge on any atom is -0.497 e. The second-order valence-corrected chi connectivity index (χ2v) is 6.78. The third-order valence-corrected chi connectivity index (χ3v) is 5.44. The standard InChI is InChI=1S/C21H24N2O4/c1-25-15-8-6-14(7-9-15)23-20(22-12-4-5-18(22)21(23)24)17-13-16(26-2)10-11-19(17)27-3/h6-11,13,18,20H,4-5,12H2,1-3H3/t18-,20+/m0/s1. The molecular formula is C21H24N2O4. The Labute approximate surface area is 159 Å². The molecule has 2 aromatic rings. The summed E-state index contributed by atoms with van der Waals surface area (Å²) in [6, 6.07) is 13.3. The van der Waals surface area contributed by atoms with Crippen LogP contribution < -0.4 is 19.1 Å². The summed E-state index contributed by atoms with van der Waals surface area (Å²) in [5.74, 6) is 2.39. The molecule has 2 aliphatic rings. The molecule has 0 N–H and O–H groups in total. The molecule has 2 saturated heterocycles. The number of anilines is 1. The van der Waals surface area contributed by atoms with Crippen LogP contribution in [0.25, 0.3) is 0 Å². The molecule has 0 aliphatic carbocycles. The average molecular weight is 368 g/mol. The number of ether oxygens (including phenoxy) is 3. The molecule has 4 rings (SSSR count). The van der Waals surface area contributed by atoms with Gasteiger partial charge in [0.1, 0.15) is 23.4 Å². The number of carbonyl (C=O) groups is 1. The van der Waals surface area contributed by atoms with E-state index < -0.39 is 0 Å². The van der Waals surface area contributed by atoms with Crippen molar-refractivity contribution in [2.75, 3.05) is 32.8 Å². The van der Waals surface area contributed by atoms with E-state index in [1.54, 1.807) is 21.3 Å². The number of rotatable bonds is 5. The Balaban J connectivity index is 1.83. The van der Waals surface area contributed by atoms with Crippen molar-refractivity contribution >= 4 is 11.6 Å². The molecule has 6 nitrogen and oxygen atoms in total. The maximum Gasteiger partial charge on any atom is 0.246 e. The molecule has 2 atom stereocenters. The van der Waals surface area contributed by atoms with Crippen LogP contribution in [0.2, 0.25) is 0 Å². The fraction of sp³-hybridized carbons (Fsp3) is 0.381. The fourth-order valence-electron chi connectivity index (χ4n) is 4.15. The molecule has 6 heteroatoms. The molecule has 0 bridgehead atoms. The summed E-state index contributed by atoms with van der Waals surface area (Å²) >= 11 is 0. The van der Waals surface area contributed by atoms with Crippen molar-refractivity contribution < 1.29 is 19.0 Å². The molecule has 0 aromatic heterocycles. The van der Waals surface area contributed by atoms with E-state index in [9.17, 15) is 4.79 Å². The largest absolute Gasteiger partial charge is 0.497 e. The number of hydrogen-bond acceptors (Lipinski definition) is 5. The molecule has 1 amide bonds. The van der Waals surface area contributed by atoms with E-state index in [0.717, 1.165) is 47.9 Å². The molecule has 0 unspecified atom stereocenters. The lowest BCUT2D eigenvalue weighted by molar-refractivity contribution is -0.119. The van der Waals surface area contributed by atoms with Crippen molar-refractivity contribution in [2.45, 2.75) is 25.0 Å². The Morgan fingerprint density at radius 1 is 0.926 bits per heavy atom. The first-order valence-corrected chi connectivity index (χ1v) is 9.12. The molecule has 0 radical (unpaired) electrons. The predicted molar refractivity (Wildman–Crippen MR) is 102 cm³/mol. The normalized spacial score (nSPS) is 22.0. The summed E-state index contributed by atoms with van der Waals surface area (Å²) < 4.78 is 16.3. The van der Waals surface area contributed by atoms with E-state index in [0.29, 0.717) is 0 Å². The zero-order chi connectivity index (χ0) is 19.0. The van der Waals surface area contributed by atoms with Crippen molar-refractivity contribution in [2.24, 2.45) is 0 Å². The van der Waals surface area contributed by atoms with Crippen molar-refractivity contribution in [1.82, 2.24) is 4.90 Å². The van der Waals surface area contributed by atoms with Crippen LogP contribution in [0.5, 0.6) is 17.2 Å². The Bertz CT molecular complexity index is 837. The van der Waals surface area contributed by atoms with Gasteiger partial charge in [-0.2, -0.15) is 0 Å². The number of nitrogens with zero attached hydrogens (tertiary/aromatic N) is 2. The van der Waals surface area contributed by atoms with Gasteiger partial charge in [-0.1, -0.05) is 0 Å². The highest BCUT2D eigenvalue weighted by Crippen LogP contribution is 2.45. The topological polar surface area (TPSA) is 51.2 Å². The number of benzene rings is 2. The molecule has 0 spiro atoms. The second kappa shape index (κ2) is 7.12. The van der Waals surface area contributed by atoms with E-state index >= 15 is 0 Å². The molecule has 2 fully saturated rings. The van der Waals surface area contributed by atoms with Gasteiger partial charge in [0.05, 0.1) is 27.4 Å². The summed E-state index contributed by atoms with van der Waals surface area (Å²) in [5, 5.41) is 0. The predicted octanol–water partition coefficient (Wildman–Crippen LogP) is 3.22. The van der Waals surface area contributed by atoms with Crippen LogP contribution >= 0.6 is 0 Å². The average Bonchev–Trinajstić information content (AvgIpc) is 3.29. The van der Waals surface area contributed by atoms with Gasteiger partial charge >= 0.3 is 0 Å². The third kappa shape index (κ3) is 2.90. The number of fused-ring (bicyclic) bond motifs is 1. The van der Waals surface area contributed by atoms with Gasteiger partial charge in [0.2, 0.25) is 5.91 Å². The first-order chi connectivity index (χ1) is 13.2. The van der Waals surface area contributed by atoms with E-state index in [1.807, 2.05) is 47.4 Å². The lowest BCUT2D eigenvalue weighted by Crippen LogP contribution is -2.32. The summed E-state index contributed by atoms with van der Waals surface area (Å²) in [4.78, 5) is 17.4. The molecule has 0 saturated carbocycles. The third-order valence-electron chi connectivity index (χ3n) is 5.44. The number of methoxy groups -OCH3 is 3. The van der Waals surface area contributed by atoms with Gasteiger partial charge in [0.25, 0.3) is 0 Å². The molecule has 142 valence electrons. The van der Waals surface area contributed by atoms with Gasteiger partial charge in [-0.25, -0.2) is 0 Å². The summed E-state index contributed by atoms with van der Waals surface area (Å²) in [6.45, 7) is 0.883. The monoisotopic (exact) mass is 368 g/mol. The van der Waals surface area contributed by atoms with Crippen LogP contribution in [0.15, 0.2) is 42.5 Å². The molecule has 2 heterocycles.